The number of benzene rings is 4. The third-order valence-corrected chi connectivity index (χ3v) is 6.85. The molecule has 0 aliphatic heterocycles. The average Bonchev–Trinajstić information content (AvgIpc) is 3.58. The lowest BCUT2D eigenvalue weighted by molar-refractivity contribution is -0.131. The first-order valence-electron chi connectivity index (χ1n) is 14.1. The van der Waals surface area contributed by atoms with Crippen molar-refractivity contribution in [1.29, 1.82) is 0 Å². The third kappa shape index (κ3) is 6.83. The van der Waals surface area contributed by atoms with Gasteiger partial charge in [-0.3, -0.25) is 14.2 Å². The Bertz CT molecular complexity index is 2010. The predicted molar refractivity (Wildman–Crippen MR) is 166 cm³/mol. The molecule has 0 aliphatic carbocycles. The fourth-order valence-corrected chi connectivity index (χ4v) is 4.86. The smallest absolute Gasteiger partial charge is 0.359 e. The van der Waals surface area contributed by atoms with Gasteiger partial charge in [0.25, 0.3) is 0 Å². The number of phenols is 1. The summed E-state index contributed by atoms with van der Waals surface area (Å²) in [5.74, 6) is -1.25. The van der Waals surface area contributed by atoms with Gasteiger partial charge < -0.3 is 19.7 Å². The van der Waals surface area contributed by atoms with Crippen molar-refractivity contribution in [3.8, 4) is 11.5 Å². The number of para-hydroxylation sites is 4. The molecule has 11 nitrogen and oxygen atoms in total. The number of aromatic nitrogens is 4. The molecule has 4 aromatic carbocycles. The molecular formula is C34H30N4O7. The number of carboxylic acids is 1. The number of phenolic OH excluding ortho intramolecular Hbond substituents is 1. The number of carboxylic acid groups (broad SMARTS) is 1. The minimum absolute atomic E-state index is 0.0241. The van der Waals surface area contributed by atoms with Crippen LogP contribution in [0.5, 0.6) is 11.5 Å². The second-order valence-corrected chi connectivity index (χ2v) is 9.90. The summed E-state index contributed by atoms with van der Waals surface area (Å²) in [7, 11) is 0. The molecule has 0 fully saturated rings. The van der Waals surface area contributed by atoms with Crippen molar-refractivity contribution >= 4 is 39.7 Å². The average molecular weight is 607 g/mol. The summed E-state index contributed by atoms with van der Waals surface area (Å²) >= 11 is 0. The van der Waals surface area contributed by atoms with Gasteiger partial charge in [0, 0.05) is 28.8 Å². The van der Waals surface area contributed by atoms with Crippen LogP contribution in [0.25, 0.3) is 21.8 Å². The molecule has 45 heavy (non-hydrogen) atoms. The topological polar surface area (TPSA) is 146 Å². The van der Waals surface area contributed by atoms with E-state index in [0.717, 1.165) is 22.0 Å². The number of carbonyl (C=O) groups is 3. The number of fused-ring (bicyclic) bond motifs is 2. The molecule has 0 aliphatic rings. The van der Waals surface area contributed by atoms with Gasteiger partial charge in [-0.2, -0.15) is 10.2 Å². The molecular weight excluding hydrogens is 576 g/mol. The van der Waals surface area contributed by atoms with E-state index in [-0.39, 0.29) is 29.7 Å². The van der Waals surface area contributed by atoms with Crippen LogP contribution < -0.4 is 4.74 Å². The summed E-state index contributed by atoms with van der Waals surface area (Å²) < 4.78 is 13.6. The first-order valence-corrected chi connectivity index (χ1v) is 14.1. The number of rotatable bonds is 8. The van der Waals surface area contributed by atoms with E-state index in [1.807, 2.05) is 54.6 Å². The lowest BCUT2D eigenvalue weighted by Crippen LogP contribution is -2.09. The van der Waals surface area contributed by atoms with Crippen LogP contribution in [0.1, 0.15) is 46.0 Å². The summed E-state index contributed by atoms with van der Waals surface area (Å²) in [5.41, 5.74) is 3.33. The largest absolute Gasteiger partial charge is 0.508 e. The van der Waals surface area contributed by atoms with Crippen LogP contribution in [0.2, 0.25) is 0 Å². The standard InChI is InChI=1S/C19H18N2O4.C15H12N2O3/c1-3-24-19(23)18-15-9-5-6-10-16(15)21(20-18)12-14-8-4-7-11-17(14)25-13(2)22;18-13-8-4-1-5-10(13)9-17-12-7-3-2-6-11(12)14(16-17)15(19)20/h4-11H,3,12H2,1-2H3;1-8,18H,9H2,(H,19,20). The van der Waals surface area contributed by atoms with Crippen molar-refractivity contribution in [2.75, 3.05) is 6.61 Å². The monoisotopic (exact) mass is 606 g/mol. The molecule has 0 radical (unpaired) electrons. The second-order valence-electron chi connectivity index (χ2n) is 9.90. The fourth-order valence-electron chi connectivity index (χ4n) is 4.86. The van der Waals surface area contributed by atoms with Crippen molar-refractivity contribution in [2.45, 2.75) is 26.9 Å². The molecule has 0 saturated heterocycles. The highest BCUT2D eigenvalue weighted by molar-refractivity contribution is 6.02. The highest BCUT2D eigenvalue weighted by atomic mass is 16.5. The maximum atomic E-state index is 12.2. The Kier molecular flexibility index (Phi) is 9.18. The molecule has 0 saturated carbocycles. The number of nitrogens with zero attached hydrogens (tertiary/aromatic N) is 4. The normalized spacial score (nSPS) is 10.7. The Balaban J connectivity index is 0.000000182. The SMILES string of the molecule is CCOC(=O)c1nn(Cc2ccccc2OC(C)=O)c2ccccc12.O=C(O)c1nn(Cc2ccccc2O)c2ccccc12. The van der Waals surface area contributed by atoms with E-state index in [2.05, 4.69) is 10.2 Å². The Morgan fingerprint density at radius 3 is 1.82 bits per heavy atom. The Labute approximate surface area is 257 Å². The highest BCUT2D eigenvalue weighted by Crippen LogP contribution is 2.25. The van der Waals surface area contributed by atoms with Crippen molar-refractivity contribution in [1.82, 2.24) is 19.6 Å². The van der Waals surface area contributed by atoms with Gasteiger partial charge >= 0.3 is 17.9 Å². The Hall–Kier alpha value is -5.97. The molecule has 2 aromatic heterocycles. The van der Waals surface area contributed by atoms with Gasteiger partial charge in [0.2, 0.25) is 0 Å². The number of aromatic hydroxyl groups is 1. The van der Waals surface area contributed by atoms with Crippen LogP contribution in [0, 0.1) is 0 Å². The quantitative estimate of drug-likeness (QED) is 0.165. The molecule has 6 rings (SSSR count). The lowest BCUT2D eigenvalue weighted by atomic mass is 10.2. The molecule has 2 N–H and O–H groups in total. The minimum Gasteiger partial charge on any atom is -0.508 e. The fraction of sp³-hybridized carbons (Fsp3) is 0.147. The van der Waals surface area contributed by atoms with Gasteiger partial charge in [-0.05, 0) is 31.2 Å². The lowest BCUT2D eigenvalue weighted by Gasteiger charge is -2.09. The van der Waals surface area contributed by atoms with Crippen molar-refractivity contribution < 1.29 is 34.1 Å². The van der Waals surface area contributed by atoms with E-state index in [4.69, 9.17) is 9.47 Å². The first kappa shape index (κ1) is 30.5. The van der Waals surface area contributed by atoms with Crippen LogP contribution in [0.4, 0.5) is 0 Å². The predicted octanol–water partition coefficient (Wildman–Crippen LogP) is 5.68. The number of carbonyl (C=O) groups excluding carboxylic acids is 2. The zero-order valence-electron chi connectivity index (χ0n) is 24.6. The van der Waals surface area contributed by atoms with E-state index < -0.39 is 11.9 Å². The number of esters is 2. The van der Waals surface area contributed by atoms with Crippen LogP contribution >= 0.6 is 0 Å². The maximum Gasteiger partial charge on any atom is 0.359 e. The first-order chi connectivity index (χ1) is 21.8. The summed E-state index contributed by atoms with van der Waals surface area (Å²) in [6.45, 7) is 4.09. The van der Waals surface area contributed by atoms with E-state index in [9.17, 15) is 24.6 Å². The molecule has 0 atom stereocenters. The molecule has 11 heteroatoms. The molecule has 0 amide bonds. The van der Waals surface area contributed by atoms with Crippen molar-refractivity contribution in [2.24, 2.45) is 0 Å². The molecule has 0 unspecified atom stereocenters. The van der Waals surface area contributed by atoms with E-state index >= 15 is 0 Å². The molecule has 2 heterocycles. The second kappa shape index (κ2) is 13.6. The summed E-state index contributed by atoms with van der Waals surface area (Å²) in [6.07, 6.45) is 0. The summed E-state index contributed by atoms with van der Waals surface area (Å²) in [6, 6.07) is 28.8. The summed E-state index contributed by atoms with van der Waals surface area (Å²) in [5, 5.41) is 28.9. The van der Waals surface area contributed by atoms with Gasteiger partial charge in [0.1, 0.15) is 11.5 Å². The zero-order valence-corrected chi connectivity index (χ0v) is 24.6. The number of aromatic carboxylic acids is 1. The van der Waals surface area contributed by atoms with Gasteiger partial charge in [-0.25, -0.2) is 9.59 Å². The van der Waals surface area contributed by atoms with Gasteiger partial charge in [0.15, 0.2) is 11.4 Å². The molecule has 6 aromatic rings. The van der Waals surface area contributed by atoms with Crippen molar-refractivity contribution in [3.63, 3.8) is 0 Å². The van der Waals surface area contributed by atoms with Gasteiger partial charge in [0.05, 0.1) is 30.7 Å². The number of hydrogen-bond acceptors (Lipinski definition) is 8. The maximum absolute atomic E-state index is 12.2. The highest BCUT2D eigenvalue weighted by Gasteiger charge is 2.19. The third-order valence-electron chi connectivity index (χ3n) is 6.85. The van der Waals surface area contributed by atoms with Crippen molar-refractivity contribution in [3.05, 3.63) is 120 Å². The van der Waals surface area contributed by atoms with Crippen LogP contribution in [0.3, 0.4) is 0 Å². The number of hydrogen-bond donors (Lipinski definition) is 2. The molecule has 0 spiro atoms. The van der Waals surface area contributed by atoms with Gasteiger partial charge in [-0.1, -0.05) is 72.8 Å². The van der Waals surface area contributed by atoms with Crippen LogP contribution in [-0.2, 0) is 22.6 Å². The zero-order chi connectivity index (χ0) is 31.9. The summed E-state index contributed by atoms with van der Waals surface area (Å²) in [4.78, 5) is 34.7. The van der Waals surface area contributed by atoms with Crippen LogP contribution in [-0.4, -0.2) is 54.3 Å². The Morgan fingerprint density at radius 2 is 1.22 bits per heavy atom. The van der Waals surface area contributed by atoms with Crippen LogP contribution in [0.15, 0.2) is 97.1 Å². The minimum atomic E-state index is -1.06. The van der Waals surface area contributed by atoms with E-state index in [1.54, 1.807) is 58.8 Å². The number of ether oxygens (including phenoxy) is 2. The Morgan fingerprint density at radius 1 is 0.711 bits per heavy atom. The molecule has 228 valence electrons. The van der Waals surface area contributed by atoms with E-state index in [1.165, 1.54) is 6.92 Å². The van der Waals surface area contributed by atoms with Gasteiger partial charge in [-0.15, -0.1) is 0 Å². The van der Waals surface area contributed by atoms with E-state index in [0.29, 0.717) is 29.8 Å². The molecule has 0 bridgehead atoms.